The highest BCUT2D eigenvalue weighted by Gasteiger charge is 2.08. The van der Waals surface area contributed by atoms with Crippen molar-refractivity contribution in [3.8, 4) is 0 Å². The van der Waals surface area contributed by atoms with E-state index in [0.29, 0.717) is 12.2 Å². The molecule has 0 unspecified atom stereocenters. The molecule has 0 heterocycles. The van der Waals surface area contributed by atoms with E-state index in [1.165, 1.54) is 4.90 Å². The second-order valence-electron chi connectivity index (χ2n) is 1.93. The SMILES string of the molecule is C=C(C)N(CC)C(=O)NN. The molecule has 0 aromatic carbocycles. The average molecular weight is 143 g/mol. The first-order valence-corrected chi connectivity index (χ1v) is 3.07. The van der Waals surface area contributed by atoms with E-state index in [1.54, 1.807) is 6.92 Å². The minimum atomic E-state index is -0.324. The molecular formula is C6H13N3O. The Hall–Kier alpha value is -1.03. The van der Waals surface area contributed by atoms with Crippen LogP contribution in [-0.4, -0.2) is 17.5 Å². The Morgan fingerprint density at radius 3 is 2.40 bits per heavy atom. The summed E-state index contributed by atoms with van der Waals surface area (Å²) in [4.78, 5) is 12.3. The Morgan fingerprint density at radius 1 is 1.80 bits per heavy atom. The predicted molar refractivity (Wildman–Crippen MR) is 39.9 cm³/mol. The first kappa shape index (κ1) is 8.97. The summed E-state index contributed by atoms with van der Waals surface area (Å²) < 4.78 is 0. The van der Waals surface area contributed by atoms with Crippen molar-refractivity contribution in [3.63, 3.8) is 0 Å². The lowest BCUT2D eigenvalue weighted by molar-refractivity contribution is 0.213. The largest absolute Gasteiger partial charge is 0.335 e. The number of carbonyl (C=O) groups is 1. The number of allylic oxidation sites excluding steroid dienone is 1. The highest BCUT2D eigenvalue weighted by atomic mass is 16.2. The van der Waals surface area contributed by atoms with Crippen molar-refractivity contribution in [3.05, 3.63) is 12.3 Å². The van der Waals surface area contributed by atoms with Crippen molar-refractivity contribution >= 4 is 6.03 Å². The van der Waals surface area contributed by atoms with Gasteiger partial charge in [0.25, 0.3) is 0 Å². The second-order valence-corrected chi connectivity index (χ2v) is 1.93. The zero-order valence-corrected chi connectivity index (χ0v) is 6.35. The van der Waals surface area contributed by atoms with Crippen LogP contribution >= 0.6 is 0 Å². The zero-order chi connectivity index (χ0) is 8.15. The number of hydrogen-bond acceptors (Lipinski definition) is 2. The minimum Gasteiger partial charge on any atom is -0.298 e. The van der Waals surface area contributed by atoms with Gasteiger partial charge in [-0.05, 0) is 13.8 Å². The van der Waals surface area contributed by atoms with Crippen LogP contribution in [0.15, 0.2) is 12.3 Å². The minimum absolute atomic E-state index is 0.324. The molecule has 0 bridgehead atoms. The summed E-state index contributed by atoms with van der Waals surface area (Å²) in [5.41, 5.74) is 2.71. The molecule has 0 aliphatic carbocycles. The van der Waals surface area contributed by atoms with Crippen molar-refractivity contribution < 1.29 is 4.79 Å². The summed E-state index contributed by atoms with van der Waals surface area (Å²) in [6.07, 6.45) is 0. The smallest absolute Gasteiger partial charge is 0.298 e. The molecule has 0 aromatic heterocycles. The van der Waals surface area contributed by atoms with Crippen LogP contribution in [0.1, 0.15) is 13.8 Å². The Morgan fingerprint density at radius 2 is 2.30 bits per heavy atom. The zero-order valence-electron chi connectivity index (χ0n) is 6.35. The van der Waals surface area contributed by atoms with E-state index in [0.717, 1.165) is 0 Å². The summed E-state index contributed by atoms with van der Waals surface area (Å²) >= 11 is 0. The van der Waals surface area contributed by atoms with Gasteiger partial charge in [0.15, 0.2) is 0 Å². The molecule has 3 N–H and O–H groups in total. The van der Waals surface area contributed by atoms with Crippen LogP contribution in [0.5, 0.6) is 0 Å². The lowest BCUT2D eigenvalue weighted by Gasteiger charge is -2.18. The number of nitrogens with zero attached hydrogens (tertiary/aromatic N) is 1. The molecule has 2 amide bonds. The molecule has 4 heteroatoms. The number of nitrogens with two attached hydrogens (primary N) is 1. The maximum atomic E-state index is 10.8. The first-order chi connectivity index (χ1) is 4.63. The molecule has 0 aliphatic rings. The Kier molecular flexibility index (Phi) is 3.49. The highest BCUT2D eigenvalue weighted by Crippen LogP contribution is 1.98. The van der Waals surface area contributed by atoms with Gasteiger partial charge in [0.2, 0.25) is 0 Å². The fourth-order valence-electron chi connectivity index (χ4n) is 0.665. The maximum absolute atomic E-state index is 10.8. The molecule has 0 atom stereocenters. The van der Waals surface area contributed by atoms with E-state index < -0.39 is 0 Å². The second kappa shape index (κ2) is 3.90. The van der Waals surface area contributed by atoms with Gasteiger partial charge in [-0.15, -0.1) is 0 Å². The number of hydrazine groups is 1. The molecule has 58 valence electrons. The summed E-state index contributed by atoms with van der Waals surface area (Å²) in [6.45, 7) is 7.79. The Balaban J connectivity index is 4.06. The highest BCUT2D eigenvalue weighted by molar-refractivity contribution is 5.75. The van der Waals surface area contributed by atoms with Gasteiger partial charge in [-0.3, -0.25) is 10.3 Å². The molecule has 0 spiro atoms. The van der Waals surface area contributed by atoms with E-state index in [1.807, 2.05) is 12.3 Å². The van der Waals surface area contributed by atoms with E-state index in [4.69, 9.17) is 5.84 Å². The number of urea groups is 1. The topological polar surface area (TPSA) is 58.4 Å². The third-order valence-corrected chi connectivity index (χ3v) is 1.15. The summed E-state index contributed by atoms with van der Waals surface area (Å²) in [7, 11) is 0. The predicted octanol–water partition coefficient (Wildman–Crippen LogP) is 0.425. The standard InChI is InChI=1S/C6H13N3O/c1-4-9(5(2)3)6(10)8-7/h2,4,7H2,1,3H3,(H,8,10). The van der Waals surface area contributed by atoms with Gasteiger partial charge >= 0.3 is 6.03 Å². The Labute approximate surface area is 60.7 Å². The van der Waals surface area contributed by atoms with Crippen molar-refractivity contribution in [2.45, 2.75) is 13.8 Å². The molecule has 10 heavy (non-hydrogen) atoms. The fourth-order valence-corrected chi connectivity index (χ4v) is 0.665. The van der Waals surface area contributed by atoms with E-state index in [2.05, 4.69) is 6.58 Å². The van der Waals surface area contributed by atoms with Crippen molar-refractivity contribution in [1.29, 1.82) is 0 Å². The van der Waals surface area contributed by atoms with Gasteiger partial charge in [-0.2, -0.15) is 0 Å². The third-order valence-electron chi connectivity index (χ3n) is 1.15. The molecule has 0 aromatic rings. The monoisotopic (exact) mass is 143 g/mol. The van der Waals surface area contributed by atoms with Crippen LogP contribution in [0.25, 0.3) is 0 Å². The first-order valence-electron chi connectivity index (χ1n) is 3.07. The van der Waals surface area contributed by atoms with Crippen LogP contribution < -0.4 is 11.3 Å². The molecule has 0 saturated carbocycles. The van der Waals surface area contributed by atoms with Crippen LogP contribution in [0, 0.1) is 0 Å². The van der Waals surface area contributed by atoms with Gasteiger partial charge in [-0.25, -0.2) is 10.6 Å². The lowest BCUT2D eigenvalue weighted by Crippen LogP contribution is -2.42. The number of hydrogen-bond donors (Lipinski definition) is 2. The normalized spacial score (nSPS) is 8.70. The van der Waals surface area contributed by atoms with Gasteiger partial charge < -0.3 is 0 Å². The maximum Gasteiger partial charge on any atom is 0.335 e. The summed E-state index contributed by atoms with van der Waals surface area (Å²) in [6, 6.07) is -0.324. The van der Waals surface area contributed by atoms with Gasteiger partial charge in [0.05, 0.1) is 0 Å². The lowest BCUT2D eigenvalue weighted by atomic mass is 10.4. The van der Waals surface area contributed by atoms with E-state index in [-0.39, 0.29) is 6.03 Å². The number of carbonyl (C=O) groups excluding carboxylic acids is 1. The summed E-state index contributed by atoms with van der Waals surface area (Å²) in [5, 5.41) is 0. The molecular weight excluding hydrogens is 130 g/mol. The van der Waals surface area contributed by atoms with Crippen LogP contribution in [0.4, 0.5) is 4.79 Å². The van der Waals surface area contributed by atoms with E-state index >= 15 is 0 Å². The molecule has 4 nitrogen and oxygen atoms in total. The third kappa shape index (κ3) is 2.06. The number of rotatable bonds is 2. The van der Waals surface area contributed by atoms with Crippen molar-refractivity contribution in [2.75, 3.05) is 6.54 Å². The number of nitrogens with one attached hydrogen (secondary N) is 1. The molecule has 0 fully saturated rings. The van der Waals surface area contributed by atoms with Crippen molar-refractivity contribution in [2.24, 2.45) is 5.84 Å². The Bertz CT molecular complexity index is 144. The van der Waals surface area contributed by atoms with Gasteiger partial charge in [0, 0.05) is 12.2 Å². The quantitative estimate of drug-likeness (QED) is 0.334. The molecule has 0 radical (unpaired) electrons. The molecule has 0 rings (SSSR count). The van der Waals surface area contributed by atoms with Gasteiger partial charge in [0.1, 0.15) is 0 Å². The molecule has 0 aliphatic heterocycles. The van der Waals surface area contributed by atoms with E-state index in [9.17, 15) is 4.79 Å². The van der Waals surface area contributed by atoms with Gasteiger partial charge in [-0.1, -0.05) is 6.58 Å². The van der Waals surface area contributed by atoms with Crippen LogP contribution in [0.3, 0.4) is 0 Å². The molecule has 0 saturated heterocycles. The van der Waals surface area contributed by atoms with Crippen LogP contribution in [-0.2, 0) is 0 Å². The number of amides is 2. The van der Waals surface area contributed by atoms with Crippen LogP contribution in [0.2, 0.25) is 0 Å². The van der Waals surface area contributed by atoms with Crippen molar-refractivity contribution in [1.82, 2.24) is 10.3 Å². The average Bonchev–Trinajstić information content (AvgIpc) is 1.88. The fraction of sp³-hybridized carbons (Fsp3) is 0.500. The summed E-state index contributed by atoms with van der Waals surface area (Å²) in [5.74, 6) is 4.90.